The molecule has 6 nitrogen and oxygen atoms in total. The Morgan fingerprint density at radius 1 is 1.40 bits per heavy atom. The molecule has 1 saturated heterocycles. The predicted octanol–water partition coefficient (Wildman–Crippen LogP) is 2.27. The number of hydrogen-bond donors (Lipinski definition) is 1. The Hall–Kier alpha value is -0.670. The molecule has 2 rings (SSSR count). The van der Waals surface area contributed by atoms with Crippen LogP contribution in [0.15, 0.2) is 12.1 Å². The summed E-state index contributed by atoms with van der Waals surface area (Å²) in [6.07, 6.45) is 1.68. The summed E-state index contributed by atoms with van der Waals surface area (Å²) in [7, 11) is -1.75. The lowest BCUT2D eigenvalue weighted by Gasteiger charge is -2.38. The van der Waals surface area contributed by atoms with Gasteiger partial charge in [-0.2, -0.15) is 0 Å². The van der Waals surface area contributed by atoms with Crippen molar-refractivity contribution in [1.29, 1.82) is 0 Å². The average Bonchev–Trinajstić information content (AvgIpc) is 3.00. The van der Waals surface area contributed by atoms with Crippen LogP contribution in [0.25, 0.3) is 0 Å². The van der Waals surface area contributed by atoms with Gasteiger partial charge < -0.3 is 10.2 Å². The van der Waals surface area contributed by atoms with Crippen LogP contribution in [0.5, 0.6) is 0 Å². The van der Waals surface area contributed by atoms with E-state index in [1.165, 1.54) is 15.6 Å². The number of carbonyl (C=O) groups is 1. The van der Waals surface area contributed by atoms with Crippen molar-refractivity contribution in [3.8, 4) is 0 Å². The van der Waals surface area contributed by atoms with E-state index in [-0.39, 0.29) is 24.2 Å². The highest BCUT2D eigenvalue weighted by Gasteiger charge is 2.30. The largest absolute Gasteiger partial charge is 0.350 e. The Balaban J connectivity index is 1.81. The molecule has 25 heavy (non-hydrogen) atoms. The van der Waals surface area contributed by atoms with E-state index >= 15 is 0 Å². The van der Waals surface area contributed by atoms with Crippen molar-refractivity contribution in [2.24, 2.45) is 0 Å². The van der Waals surface area contributed by atoms with Crippen molar-refractivity contribution in [3.63, 3.8) is 0 Å². The molecule has 0 saturated carbocycles. The molecule has 0 aliphatic carbocycles. The number of carbonyl (C=O) groups excluding carboxylic acids is 1. The lowest BCUT2D eigenvalue weighted by atomic mass is 10.0. The van der Waals surface area contributed by atoms with E-state index in [2.05, 4.69) is 24.1 Å². The van der Waals surface area contributed by atoms with Crippen LogP contribution in [-0.4, -0.2) is 68.0 Å². The van der Waals surface area contributed by atoms with Crippen LogP contribution < -0.4 is 5.32 Å². The quantitative estimate of drug-likeness (QED) is 0.752. The number of nitrogens with zero attached hydrogens (tertiary/aromatic N) is 2. The smallest absolute Gasteiger partial charge is 0.261 e. The topological polar surface area (TPSA) is 69.7 Å². The molecule has 0 atom stereocenters. The molecule has 1 aromatic rings. The maximum Gasteiger partial charge on any atom is 0.261 e. The normalized spacial score (nSPS) is 17.4. The van der Waals surface area contributed by atoms with Gasteiger partial charge in [0.2, 0.25) is 10.0 Å². The minimum atomic E-state index is -3.39. The number of amides is 1. The Labute approximate surface area is 159 Å². The molecule has 0 radical (unpaired) electrons. The monoisotopic (exact) mass is 407 g/mol. The number of halogens is 1. The second kappa shape index (κ2) is 8.81. The van der Waals surface area contributed by atoms with Crippen LogP contribution >= 0.6 is 22.9 Å². The fraction of sp³-hybridized carbons (Fsp3) is 0.688. The zero-order valence-electron chi connectivity index (χ0n) is 14.9. The molecule has 1 N–H and O–H groups in total. The minimum absolute atomic E-state index is 0.0341. The summed E-state index contributed by atoms with van der Waals surface area (Å²) in [6.45, 7) is 6.23. The molecule has 1 aliphatic rings. The van der Waals surface area contributed by atoms with Crippen LogP contribution in [0.2, 0.25) is 4.34 Å². The molecule has 142 valence electrons. The van der Waals surface area contributed by atoms with Crippen LogP contribution in [0.1, 0.15) is 36.4 Å². The van der Waals surface area contributed by atoms with Crippen LogP contribution in [-0.2, 0) is 10.0 Å². The van der Waals surface area contributed by atoms with E-state index in [0.29, 0.717) is 15.3 Å². The number of rotatable bonds is 7. The standard InChI is InChI=1S/C16H26ClN3O3S2/c1-12(2)20-9-6-13(7-10-20)19(3)25(22,23)11-8-18-16(21)14-4-5-15(17)24-14/h4-5,12-13H,6-11H2,1-3H3,(H,18,21). The SMILES string of the molecule is CC(C)N1CCC(N(C)S(=O)(=O)CCNC(=O)c2ccc(Cl)s2)CC1. The molecule has 1 amide bonds. The van der Waals surface area contributed by atoms with Crippen LogP contribution in [0, 0.1) is 0 Å². The van der Waals surface area contributed by atoms with E-state index in [1.54, 1.807) is 19.2 Å². The second-order valence-electron chi connectivity index (χ2n) is 6.55. The first-order chi connectivity index (χ1) is 11.7. The van der Waals surface area contributed by atoms with Crippen molar-refractivity contribution in [2.75, 3.05) is 32.4 Å². The third kappa shape index (κ3) is 5.65. The van der Waals surface area contributed by atoms with Gasteiger partial charge in [0.05, 0.1) is 15.0 Å². The summed E-state index contributed by atoms with van der Waals surface area (Å²) < 4.78 is 27.0. The van der Waals surface area contributed by atoms with Crippen LogP contribution in [0.3, 0.4) is 0 Å². The summed E-state index contributed by atoms with van der Waals surface area (Å²) in [4.78, 5) is 14.8. The van der Waals surface area contributed by atoms with E-state index in [9.17, 15) is 13.2 Å². The fourth-order valence-electron chi connectivity index (χ4n) is 2.95. The number of piperidine rings is 1. The lowest BCUT2D eigenvalue weighted by molar-refractivity contribution is 0.0960. The molecule has 1 aromatic heterocycles. The maximum absolute atomic E-state index is 12.5. The first-order valence-electron chi connectivity index (χ1n) is 8.44. The van der Waals surface area contributed by atoms with Gasteiger partial charge in [0.25, 0.3) is 5.91 Å². The Kier molecular flexibility index (Phi) is 7.28. The predicted molar refractivity (Wildman–Crippen MR) is 103 cm³/mol. The van der Waals surface area contributed by atoms with Gasteiger partial charge >= 0.3 is 0 Å². The van der Waals surface area contributed by atoms with E-state index in [1.807, 2.05) is 0 Å². The van der Waals surface area contributed by atoms with Gasteiger partial charge in [0, 0.05) is 25.7 Å². The number of thiophene rings is 1. The van der Waals surface area contributed by atoms with Gasteiger partial charge in [-0.25, -0.2) is 12.7 Å². The summed E-state index contributed by atoms with van der Waals surface area (Å²) in [5, 5.41) is 2.65. The van der Waals surface area contributed by atoms with Crippen LogP contribution in [0.4, 0.5) is 0 Å². The van der Waals surface area contributed by atoms with Gasteiger partial charge in [-0.1, -0.05) is 11.6 Å². The molecule has 0 bridgehead atoms. The Morgan fingerprint density at radius 3 is 2.56 bits per heavy atom. The fourth-order valence-corrected chi connectivity index (χ4v) is 5.23. The van der Waals surface area contributed by atoms with Gasteiger partial charge in [-0.3, -0.25) is 4.79 Å². The van der Waals surface area contributed by atoms with Gasteiger partial charge in [-0.15, -0.1) is 11.3 Å². The van der Waals surface area contributed by atoms with Crippen molar-refractivity contribution < 1.29 is 13.2 Å². The Bertz CT molecular complexity index is 683. The average molecular weight is 408 g/mol. The van der Waals surface area contributed by atoms with E-state index < -0.39 is 10.0 Å². The number of hydrogen-bond acceptors (Lipinski definition) is 5. The third-order valence-corrected chi connectivity index (χ3v) is 7.75. The maximum atomic E-state index is 12.5. The molecule has 9 heteroatoms. The molecular weight excluding hydrogens is 382 g/mol. The molecule has 0 aromatic carbocycles. The molecule has 0 unspecified atom stereocenters. The Morgan fingerprint density at radius 2 is 2.04 bits per heavy atom. The van der Waals surface area contributed by atoms with Crippen molar-refractivity contribution >= 4 is 38.9 Å². The lowest BCUT2D eigenvalue weighted by Crippen LogP contribution is -2.48. The summed E-state index contributed by atoms with van der Waals surface area (Å²) >= 11 is 6.98. The van der Waals surface area contributed by atoms with Crippen molar-refractivity contribution in [2.45, 2.75) is 38.8 Å². The summed E-state index contributed by atoms with van der Waals surface area (Å²) in [5.74, 6) is -0.390. The van der Waals surface area contributed by atoms with Gasteiger partial charge in [0.15, 0.2) is 0 Å². The zero-order chi connectivity index (χ0) is 18.6. The molecule has 1 aliphatic heterocycles. The summed E-state index contributed by atoms with van der Waals surface area (Å²) in [5.41, 5.74) is 0. The highest BCUT2D eigenvalue weighted by molar-refractivity contribution is 7.89. The highest BCUT2D eigenvalue weighted by Crippen LogP contribution is 2.21. The first-order valence-corrected chi connectivity index (χ1v) is 11.2. The van der Waals surface area contributed by atoms with E-state index in [4.69, 9.17) is 11.6 Å². The first kappa shape index (κ1) is 20.6. The van der Waals surface area contributed by atoms with Gasteiger partial charge in [0.1, 0.15) is 0 Å². The third-order valence-electron chi connectivity index (χ3n) is 4.62. The number of likely N-dealkylation sites (tertiary alicyclic amines) is 1. The van der Waals surface area contributed by atoms with Crippen molar-refractivity contribution in [3.05, 3.63) is 21.3 Å². The number of sulfonamides is 1. The molecule has 0 spiro atoms. The molecule has 1 fully saturated rings. The van der Waals surface area contributed by atoms with E-state index in [0.717, 1.165) is 25.9 Å². The number of nitrogens with one attached hydrogen (secondary N) is 1. The molecular formula is C16H26ClN3O3S2. The van der Waals surface area contributed by atoms with Gasteiger partial charge in [-0.05, 0) is 51.9 Å². The second-order valence-corrected chi connectivity index (χ2v) is 10.4. The highest BCUT2D eigenvalue weighted by atomic mass is 35.5. The van der Waals surface area contributed by atoms with Crippen molar-refractivity contribution in [1.82, 2.24) is 14.5 Å². The minimum Gasteiger partial charge on any atom is -0.350 e. The zero-order valence-corrected chi connectivity index (χ0v) is 17.3. The molecule has 2 heterocycles. The summed E-state index contributed by atoms with van der Waals surface area (Å²) in [6, 6.07) is 3.80.